The third-order valence-electron chi connectivity index (χ3n) is 4.18. The second-order valence-electron chi connectivity index (χ2n) is 6.23. The Morgan fingerprint density at radius 2 is 2.04 bits per heavy atom. The maximum atomic E-state index is 12.0. The number of rotatable bonds is 5. The first-order valence-electron chi connectivity index (χ1n) is 7.85. The molecule has 0 saturated carbocycles. The smallest absolute Gasteiger partial charge is 0.236 e. The maximum absolute atomic E-state index is 12.0. The summed E-state index contributed by atoms with van der Waals surface area (Å²) in [7, 11) is 5.28. The number of carbonyl (C=O) groups excluding carboxylic acids is 2. The number of likely N-dealkylation sites (tertiary alicyclic amines) is 1. The highest BCUT2D eigenvalue weighted by Gasteiger charge is 2.29. The van der Waals surface area contributed by atoms with Gasteiger partial charge in [0, 0.05) is 28.1 Å². The van der Waals surface area contributed by atoms with Crippen molar-refractivity contribution < 1.29 is 9.59 Å². The molecule has 1 aliphatic rings. The molecule has 2 rings (SSSR count). The Bertz CT molecular complexity index is 575. The van der Waals surface area contributed by atoms with E-state index < -0.39 is 0 Å². The van der Waals surface area contributed by atoms with Crippen molar-refractivity contribution in [3.8, 4) is 0 Å². The molecule has 1 aromatic rings. The summed E-state index contributed by atoms with van der Waals surface area (Å²) >= 11 is 0. The van der Waals surface area contributed by atoms with Crippen LogP contribution in [0.4, 0.5) is 0 Å². The molecular weight excluding hydrogens is 294 g/mol. The molecule has 7 nitrogen and oxygen atoms in total. The van der Waals surface area contributed by atoms with Crippen LogP contribution < -0.4 is 0 Å². The number of hydrogen-bond donors (Lipinski definition) is 0. The van der Waals surface area contributed by atoms with Gasteiger partial charge in [-0.15, -0.1) is 0 Å². The van der Waals surface area contributed by atoms with Gasteiger partial charge in [-0.1, -0.05) is 0 Å². The molecule has 2 heterocycles. The Morgan fingerprint density at radius 3 is 2.70 bits per heavy atom. The number of amides is 2. The minimum absolute atomic E-state index is 0.00345. The van der Waals surface area contributed by atoms with Gasteiger partial charge in [0.25, 0.3) is 0 Å². The van der Waals surface area contributed by atoms with Crippen LogP contribution in [0.25, 0.3) is 0 Å². The summed E-state index contributed by atoms with van der Waals surface area (Å²) in [5.41, 5.74) is 1.65. The van der Waals surface area contributed by atoms with Crippen LogP contribution in [0.3, 0.4) is 0 Å². The van der Waals surface area contributed by atoms with E-state index in [-0.39, 0.29) is 17.9 Å². The Balaban J connectivity index is 2.10. The zero-order valence-electron chi connectivity index (χ0n) is 14.3. The van der Waals surface area contributed by atoms with Gasteiger partial charge in [0.05, 0.1) is 42.9 Å². The lowest BCUT2D eigenvalue weighted by Gasteiger charge is -2.25. The predicted octanol–water partition coefficient (Wildman–Crippen LogP) is 0.680. The van der Waals surface area contributed by atoms with E-state index in [1.165, 1.54) is 6.92 Å². The van der Waals surface area contributed by atoms with Gasteiger partial charge in [0.15, 0.2) is 0 Å². The minimum Gasteiger partial charge on any atom is -0.348 e. The van der Waals surface area contributed by atoms with Crippen molar-refractivity contribution in [1.82, 2.24) is 24.7 Å². The first kappa shape index (κ1) is 17.3. The fraction of sp³-hybridized carbons (Fsp3) is 0.625. The Hall–Kier alpha value is -2.02. The van der Waals surface area contributed by atoms with Crippen LogP contribution in [-0.4, -0.2) is 70.7 Å². The molecular formula is C16H25N5O2. The summed E-state index contributed by atoms with van der Waals surface area (Å²) in [4.78, 5) is 37.6. The van der Waals surface area contributed by atoms with Crippen LogP contribution in [0.5, 0.6) is 0 Å². The number of carbonyl (C=O) groups is 2. The SMILES string of the molecule is CC(=O)N(C)Cc1cncc(C2CCCN2CC(=O)N(C)C)n1. The fourth-order valence-corrected chi connectivity index (χ4v) is 2.68. The van der Waals surface area contributed by atoms with Crippen molar-refractivity contribution in [2.24, 2.45) is 0 Å². The summed E-state index contributed by atoms with van der Waals surface area (Å²) in [6.07, 6.45) is 5.47. The molecule has 1 fully saturated rings. The van der Waals surface area contributed by atoms with E-state index in [9.17, 15) is 9.59 Å². The lowest BCUT2D eigenvalue weighted by molar-refractivity contribution is -0.130. The van der Waals surface area contributed by atoms with Crippen LogP contribution >= 0.6 is 0 Å². The van der Waals surface area contributed by atoms with Crippen molar-refractivity contribution in [2.75, 3.05) is 34.2 Å². The van der Waals surface area contributed by atoms with E-state index in [1.54, 1.807) is 43.3 Å². The molecule has 0 spiro atoms. The summed E-state index contributed by atoms with van der Waals surface area (Å²) in [5, 5.41) is 0. The van der Waals surface area contributed by atoms with Crippen LogP contribution in [0.1, 0.15) is 37.2 Å². The second kappa shape index (κ2) is 7.50. The summed E-state index contributed by atoms with van der Waals surface area (Å²) in [6, 6.07) is 0.119. The average Bonchev–Trinajstić information content (AvgIpc) is 2.95. The van der Waals surface area contributed by atoms with Crippen molar-refractivity contribution in [3.05, 3.63) is 23.8 Å². The zero-order valence-corrected chi connectivity index (χ0v) is 14.3. The molecule has 2 amide bonds. The quantitative estimate of drug-likeness (QED) is 0.798. The molecule has 0 bridgehead atoms. The second-order valence-corrected chi connectivity index (χ2v) is 6.23. The normalized spacial score (nSPS) is 18.0. The number of nitrogens with zero attached hydrogens (tertiary/aromatic N) is 5. The van der Waals surface area contributed by atoms with E-state index in [4.69, 9.17) is 0 Å². The van der Waals surface area contributed by atoms with Crippen molar-refractivity contribution in [2.45, 2.75) is 32.4 Å². The molecule has 1 atom stereocenters. The van der Waals surface area contributed by atoms with Gasteiger partial charge in [-0.25, -0.2) is 0 Å². The monoisotopic (exact) mass is 319 g/mol. The van der Waals surface area contributed by atoms with E-state index in [0.29, 0.717) is 13.1 Å². The van der Waals surface area contributed by atoms with Gasteiger partial charge in [-0.2, -0.15) is 0 Å². The summed E-state index contributed by atoms with van der Waals surface area (Å²) in [6.45, 7) is 3.27. The molecule has 1 aromatic heterocycles. The van der Waals surface area contributed by atoms with Crippen LogP contribution in [-0.2, 0) is 16.1 Å². The Morgan fingerprint density at radius 1 is 1.30 bits per heavy atom. The first-order valence-corrected chi connectivity index (χ1v) is 7.85. The molecule has 0 radical (unpaired) electrons. The van der Waals surface area contributed by atoms with Gasteiger partial charge < -0.3 is 9.80 Å². The van der Waals surface area contributed by atoms with Crippen LogP contribution in [0.2, 0.25) is 0 Å². The number of hydrogen-bond acceptors (Lipinski definition) is 5. The standard InChI is InChI=1S/C16H25N5O2/c1-12(22)20(4)10-13-8-17-9-14(18-13)15-6-5-7-21(15)11-16(23)19(2)3/h8-9,15H,5-7,10-11H2,1-4H3. The number of aromatic nitrogens is 2. The van der Waals surface area contributed by atoms with Crippen molar-refractivity contribution in [3.63, 3.8) is 0 Å². The predicted molar refractivity (Wildman–Crippen MR) is 86.4 cm³/mol. The molecule has 1 saturated heterocycles. The van der Waals surface area contributed by atoms with E-state index in [2.05, 4.69) is 14.9 Å². The van der Waals surface area contributed by atoms with Crippen LogP contribution in [0.15, 0.2) is 12.4 Å². The van der Waals surface area contributed by atoms with Gasteiger partial charge in [0.2, 0.25) is 11.8 Å². The summed E-state index contributed by atoms with van der Waals surface area (Å²) < 4.78 is 0. The lowest BCUT2D eigenvalue weighted by Crippen LogP contribution is -2.36. The highest BCUT2D eigenvalue weighted by atomic mass is 16.2. The highest BCUT2D eigenvalue weighted by Crippen LogP contribution is 2.30. The van der Waals surface area contributed by atoms with Gasteiger partial charge in [-0.3, -0.25) is 24.5 Å². The first-order chi connectivity index (χ1) is 10.9. The fourth-order valence-electron chi connectivity index (χ4n) is 2.68. The van der Waals surface area contributed by atoms with E-state index in [1.807, 2.05) is 0 Å². The molecule has 0 aromatic carbocycles. The van der Waals surface area contributed by atoms with E-state index >= 15 is 0 Å². The number of likely N-dealkylation sites (N-methyl/N-ethyl adjacent to an activating group) is 1. The highest BCUT2D eigenvalue weighted by molar-refractivity contribution is 5.77. The molecule has 1 unspecified atom stereocenters. The van der Waals surface area contributed by atoms with Crippen molar-refractivity contribution >= 4 is 11.8 Å². The molecule has 0 aliphatic carbocycles. The van der Waals surface area contributed by atoms with E-state index in [0.717, 1.165) is 30.8 Å². The van der Waals surface area contributed by atoms with Crippen molar-refractivity contribution in [1.29, 1.82) is 0 Å². The van der Waals surface area contributed by atoms with Gasteiger partial charge >= 0.3 is 0 Å². The maximum Gasteiger partial charge on any atom is 0.236 e. The van der Waals surface area contributed by atoms with Gasteiger partial charge in [0.1, 0.15) is 0 Å². The molecule has 23 heavy (non-hydrogen) atoms. The zero-order chi connectivity index (χ0) is 17.0. The minimum atomic E-state index is -0.00345. The Labute approximate surface area is 137 Å². The molecule has 126 valence electrons. The van der Waals surface area contributed by atoms with Crippen LogP contribution in [0, 0.1) is 0 Å². The topological polar surface area (TPSA) is 69.6 Å². The Kier molecular flexibility index (Phi) is 5.65. The average molecular weight is 319 g/mol. The third kappa shape index (κ3) is 4.48. The van der Waals surface area contributed by atoms with Gasteiger partial charge in [-0.05, 0) is 19.4 Å². The molecule has 1 aliphatic heterocycles. The molecule has 0 N–H and O–H groups in total. The molecule has 7 heteroatoms. The lowest BCUT2D eigenvalue weighted by atomic mass is 10.1. The largest absolute Gasteiger partial charge is 0.348 e. The third-order valence-corrected chi connectivity index (χ3v) is 4.18. The summed E-state index contributed by atoms with van der Waals surface area (Å²) in [5.74, 6) is 0.0913.